The molecule has 14 aromatic rings. The predicted molar refractivity (Wildman–Crippen MR) is 349 cm³/mol. The fraction of sp³-hybridized carbons (Fsp3) is 0.114. The van der Waals surface area contributed by atoms with Crippen LogP contribution in [0.2, 0.25) is 0 Å². The smallest absolute Gasteiger partial charge is 0.147 e. The zero-order valence-electron chi connectivity index (χ0n) is 47.5. The van der Waals surface area contributed by atoms with Crippen LogP contribution < -0.4 is 9.80 Å². The number of allylic oxidation sites excluding steroid dienone is 4. The third-order valence-corrected chi connectivity index (χ3v) is 18.8. The van der Waals surface area contributed by atoms with Gasteiger partial charge in [-0.25, -0.2) is 0 Å². The number of furan rings is 3. The topological polar surface area (TPSA) is 45.9 Å². The van der Waals surface area contributed by atoms with E-state index in [1.165, 1.54) is 66.8 Å². The first kappa shape index (κ1) is 48.6. The van der Waals surface area contributed by atoms with Crippen LogP contribution in [0.25, 0.3) is 105 Å². The first-order valence-corrected chi connectivity index (χ1v) is 29.4. The highest BCUT2D eigenvalue weighted by atomic mass is 16.3. The number of fused-ring (bicyclic) bond motifs is 17. The van der Waals surface area contributed by atoms with Crippen LogP contribution in [-0.4, -0.2) is 0 Å². The molecule has 402 valence electrons. The molecule has 84 heavy (non-hydrogen) atoms. The van der Waals surface area contributed by atoms with Gasteiger partial charge in [0.1, 0.15) is 33.5 Å². The number of nitrogens with zero attached hydrogens (tertiary/aromatic N) is 2. The van der Waals surface area contributed by atoms with Crippen molar-refractivity contribution in [2.75, 3.05) is 9.80 Å². The normalized spacial score (nSPS) is 15.5. The molecule has 1 unspecified atom stereocenters. The van der Waals surface area contributed by atoms with E-state index < -0.39 is 0 Å². The summed E-state index contributed by atoms with van der Waals surface area (Å²) >= 11 is 0. The maximum atomic E-state index is 7.00. The van der Waals surface area contributed by atoms with E-state index in [0.29, 0.717) is 5.92 Å². The molecule has 0 bridgehead atoms. The molecular formula is C79H58N2O3. The number of hydrogen-bond acceptors (Lipinski definition) is 5. The standard InChI is InChI=1S/C79H58N2O3/c1-47-14-13-17-51(42-47)50-24-28-53(29-25-50)81(55-31-35-61-59-19-10-12-21-66(59)79(4,5)68(61)44-55)56-32-36-62-72(45-56)82-69-40-41-70-75(74(62)69)64-38-39-71-76(77(64)84-70)63-37-33-57(46-73(63)83-71)80(52-26-22-49(23-27-52)48-15-7-6-8-16-48)54-30-34-60-58-18-9-11-20-65(58)78(2,3)67(60)43-54/h6-13,15-47H,14H2,1-5H3. The molecule has 0 N–H and O–H groups in total. The van der Waals surface area contributed by atoms with Crippen LogP contribution in [0.3, 0.4) is 0 Å². The highest BCUT2D eigenvalue weighted by molar-refractivity contribution is 6.30. The minimum absolute atomic E-state index is 0.153. The van der Waals surface area contributed by atoms with Crippen molar-refractivity contribution in [3.8, 4) is 33.4 Å². The van der Waals surface area contributed by atoms with Crippen molar-refractivity contribution >= 4 is 106 Å². The van der Waals surface area contributed by atoms with Crippen LogP contribution in [0.5, 0.6) is 0 Å². The summed E-state index contributed by atoms with van der Waals surface area (Å²) in [4.78, 5) is 4.74. The monoisotopic (exact) mass is 1080 g/mol. The van der Waals surface area contributed by atoms with Crippen molar-refractivity contribution < 1.29 is 13.3 Å². The summed E-state index contributed by atoms with van der Waals surface area (Å²) in [5.74, 6) is 0.514. The molecule has 11 aromatic carbocycles. The van der Waals surface area contributed by atoms with E-state index in [1.807, 2.05) is 0 Å². The Morgan fingerprint density at radius 2 is 0.786 bits per heavy atom. The summed E-state index contributed by atoms with van der Waals surface area (Å²) in [5.41, 5.74) is 26.2. The minimum Gasteiger partial charge on any atom is -0.456 e. The number of anilines is 6. The van der Waals surface area contributed by atoms with E-state index in [1.54, 1.807) is 0 Å². The van der Waals surface area contributed by atoms with Gasteiger partial charge in [-0.05, 0) is 176 Å². The maximum Gasteiger partial charge on any atom is 0.147 e. The lowest BCUT2D eigenvalue weighted by atomic mass is 9.82. The van der Waals surface area contributed by atoms with Crippen molar-refractivity contribution in [2.45, 2.75) is 51.9 Å². The van der Waals surface area contributed by atoms with Gasteiger partial charge in [0, 0.05) is 84.0 Å². The summed E-state index contributed by atoms with van der Waals surface area (Å²) in [6.45, 7) is 11.7. The zero-order chi connectivity index (χ0) is 56.2. The molecule has 17 rings (SSSR count). The molecule has 3 heterocycles. The molecule has 0 spiro atoms. The van der Waals surface area contributed by atoms with Gasteiger partial charge in [0.25, 0.3) is 0 Å². The van der Waals surface area contributed by atoms with Gasteiger partial charge in [-0.1, -0.05) is 168 Å². The van der Waals surface area contributed by atoms with Crippen molar-refractivity contribution in [2.24, 2.45) is 5.92 Å². The Morgan fingerprint density at radius 1 is 0.357 bits per heavy atom. The van der Waals surface area contributed by atoms with E-state index in [-0.39, 0.29) is 10.8 Å². The molecule has 0 fully saturated rings. The molecular weight excluding hydrogens is 1020 g/mol. The third-order valence-electron chi connectivity index (χ3n) is 18.8. The highest BCUT2D eigenvalue weighted by Gasteiger charge is 2.37. The SMILES string of the molecule is CC1C=C(c2ccc(N(c3ccc4c(c3)C(C)(C)c3ccccc3-4)c3ccc4c(c3)oc3ccc5oc6c(ccc7oc8cc(N(c9ccc(-c%10ccccc%10)cc9)c9ccc%10c(c9)C(C)(C)c9ccccc9-%10)ccc8c76)c5c34)cc2)C=CC1. The summed E-state index contributed by atoms with van der Waals surface area (Å²) in [6, 6.07) is 81.8. The Balaban J connectivity index is 0.781. The average molecular weight is 1080 g/mol. The van der Waals surface area contributed by atoms with E-state index in [9.17, 15) is 0 Å². The van der Waals surface area contributed by atoms with Gasteiger partial charge < -0.3 is 23.1 Å². The number of benzene rings is 11. The second-order valence-electron chi connectivity index (χ2n) is 24.5. The van der Waals surface area contributed by atoms with Crippen molar-refractivity contribution in [1.82, 2.24) is 0 Å². The van der Waals surface area contributed by atoms with Gasteiger partial charge in [-0.3, -0.25) is 0 Å². The molecule has 3 aromatic heterocycles. The van der Waals surface area contributed by atoms with Crippen molar-refractivity contribution in [3.63, 3.8) is 0 Å². The fourth-order valence-corrected chi connectivity index (χ4v) is 14.5. The van der Waals surface area contributed by atoms with Gasteiger partial charge in [0.2, 0.25) is 0 Å². The Morgan fingerprint density at radius 3 is 1.37 bits per heavy atom. The molecule has 5 heteroatoms. The largest absolute Gasteiger partial charge is 0.456 e. The molecule has 0 aliphatic heterocycles. The maximum absolute atomic E-state index is 7.00. The van der Waals surface area contributed by atoms with E-state index >= 15 is 0 Å². The Labute approximate surface area is 487 Å². The first-order chi connectivity index (χ1) is 41.0. The summed E-state index contributed by atoms with van der Waals surface area (Å²) in [6.07, 6.45) is 8.01. The average Bonchev–Trinajstić information content (AvgIpc) is 3.34. The summed E-state index contributed by atoms with van der Waals surface area (Å²) < 4.78 is 20.8. The quantitative estimate of drug-likeness (QED) is 0.152. The second-order valence-corrected chi connectivity index (χ2v) is 24.5. The van der Waals surface area contributed by atoms with Gasteiger partial charge in [-0.2, -0.15) is 0 Å². The van der Waals surface area contributed by atoms with Crippen LogP contribution in [0.1, 0.15) is 68.9 Å². The third kappa shape index (κ3) is 7.21. The first-order valence-electron chi connectivity index (χ1n) is 29.4. The van der Waals surface area contributed by atoms with Crippen LogP contribution in [0.15, 0.2) is 256 Å². The Hall–Kier alpha value is -10.1. The fourth-order valence-electron chi connectivity index (χ4n) is 14.5. The molecule has 0 saturated heterocycles. The molecule has 1 atom stereocenters. The molecule has 0 saturated carbocycles. The molecule has 3 aliphatic rings. The van der Waals surface area contributed by atoms with E-state index in [2.05, 4.69) is 287 Å². The Kier molecular flexibility index (Phi) is 10.4. The summed E-state index contributed by atoms with van der Waals surface area (Å²) in [7, 11) is 0. The zero-order valence-corrected chi connectivity index (χ0v) is 47.5. The van der Waals surface area contributed by atoms with Crippen molar-refractivity contribution in [3.05, 3.63) is 271 Å². The molecule has 0 radical (unpaired) electrons. The highest BCUT2D eigenvalue weighted by Crippen LogP contribution is 2.54. The lowest BCUT2D eigenvalue weighted by Gasteiger charge is -2.28. The van der Waals surface area contributed by atoms with E-state index in [4.69, 9.17) is 13.3 Å². The number of rotatable bonds is 8. The molecule has 0 amide bonds. The minimum atomic E-state index is -0.157. The van der Waals surface area contributed by atoms with Crippen LogP contribution in [0, 0.1) is 5.92 Å². The van der Waals surface area contributed by atoms with Crippen LogP contribution in [-0.2, 0) is 10.8 Å². The van der Waals surface area contributed by atoms with Gasteiger partial charge in [-0.15, -0.1) is 0 Å². The predicted octanol–water partition coefficient (Wildman–Crippen LogP) is 22.6. The van der Waals surface area contributed by atoms with Gasteiger partial charge in [0.15, 0.2) is 0 Å². The molecule has 5 nitrogen and oxygen atoms in total. The second kappa shape index (κ2) is 17.9. The van der Waals surface area contributed by atoms with E-state index in [0.717, 1.165) is 106 Å². The lowest BCUT2D eigenvalue weighted by Crippen LogP contribution is -2.16. The van der Waals surface area contributed by atoms with Crippen molar-refractivity contribution in [1.29, 1.82) is 0 Å². The van der Waals surface area contributed by atoms with Crippen LogP contribution >= 0.6 is 0 Å². The molecule has 3 aliphatic carbocycles. The van der Waals surface area contributed by atoms with Gasteiger partial charge >= 0.3 is 0 Å². The van der Waals surface area contributed by atoms with Crippen LogP contribution in [0.4, 0.5) is 34.1 Å². The summed E-state index contributed by atoms with van der Waals surface area (Å²) in [5, 5.41) is 6.07. The van der Waals surface area contributed by atoms with Gasteiger partial charge in [0.05, 0.1) is 5.39 Å². The lowest BCUT2D eigenvalue weighted by molar-refractivity contribution is 0.660. The number of hydrogen-bond donors (Lipinski definition) is 0. The Bertz CT molecular complexity index is 5120.